The molecule has 0 aliphatic heterocycles. The maximum absolute atomic E-state index is 12.2. The second-order valence-electron chi connectivity index (χ2n) is 5.29. The van der Waals surface area contributed by atoms with E-state index in [0.717, 1.165) is 24.1 Å². The van der Waals surface area contributed by atoms with Crippen LogP contribution in [0.4, 0.5) is 0 Å². The Hall–Kier alpha value is -1.74. The van der Waals surface area contributed by atoms with Crippen LogP contribution in [0.2, 0.25) is 0 Å². The first-order valence-electron chi connectivity index (χ1n) is 6.84. The number of sulfonamides is 1. The summed E-state index contributed by atoms with van der Waals surface area (Å²) < 4.78 is 28.6. The minimum atomic E-state index is -3.65. The van der Waals surface area contributed by atoms with Gasteiger partial charge in [0.1, 0.15) is 0 Å². The molecule has 0 saturated heterocycles. The third kappa shape index (κ3) is 2.70. The molecule has 3 rings (SSSR count). The highest BCUT2D eigenvalue weighted by Crippen LogP contribution is 2.37. The van der Waals surface area contributed by atoms with E-state index in [4.69, 9.17) is 0 Å². The van der Waals surface area contributed by atoms with Crippen LogP contribution in [0.5, 0.6) is 0 Å². The first kappa shape index (κ1) is 14.2. The summed E-state index contributed by atoms with van der Waals surface area (Å²) in [7, 11) is -0.243. The van der Waals surface area contributed by atoms with E-state index in [0.29, 0.717) is 5.92 Å². The second kappa shape index (κ2) is 5.23. The molecule has 1 aliphatic carbocycles. The van der Waals surface area contributed by atoms with Gasteiger partial charge in [0.05, 0.1) is 24.6 Å². The van der Waals surface area contributed by atoms with Gasteiger partial charge < -0.3 is 0 Å². The molecule has 1 aliphatic rings. The van der Waals surface area contributed by atoms with Crippen LogP contribution in [0.3, 0.4) is 0 Å². The number of nitrogens with one attached hydrogen (secondary N) is 1. The molecule has 9 heteroatoms. The quantitative estimate of drug-likeness (QED) is 0.857. The normalized spacial score (nSPS) is 16.1. The summed E-state index contributed by atoms with van der Waals surface area (Å²) in [5, 5.41) is 11.8. The highest BCUT2D eigenvalue weighted by atomic mass is 32.2. The average Bonchev–Trinajstić information content (AvgIpc) is 2.93. The Morgan fingerprint density at radius 1 is 1.29 bits per heavy atom. The number of aryl methyl sites for hydroxylation is 2. The molecule has 0 bridgehead atoms. The van der Waals surface area contributed by atoms with Gasteiger partial charge in [-0.2, -0.15) is 15.0 Å². The molecule has 21 heavy (non-hydrogen) atoms. The Kier molecular flexibility index (Phi) is 3.54. The summed E-state index contributed by atoms with van der Waals surface area (Å²) in [5.41, 5.74) is 2.05. The van der Waals surface area contributed by atoms with Gasteiger partial charge in [-0.15, -0.1) is 5.10 Å². The third-order valence-electron chi connectivity index (χ3n) is 3.92. The van der Waals surface area contributed by atoms with Gasteiger partial charge >= 0.3 is 0 Å². The largest absolute Gasteiger partial charge is 0.271 e. The molecule has 0 radical (unpaired) electrons. The van der Waals surface area contributed by atoms with Crippen molar-refractivity contribution in [3.05, 3.63) is 23.7 Å². The van der Waals surface area contributed by atoms with Gasteiger partial charge in [0.25, 0.3) is 10.0 Å². The van der Waals surface area contributed by atoms with Crippen LogP contribution >= 0.6 is 0 Å². The summed E-state index contributed by atoms with van der Waals surface area (Å²) in [6.45, 7) is 0.210. The Balaban J connectivity index is 1.77. The van der Waals surface area contributed by atoms with Crippen LogP contribution in [0.1, 0.15) is 36.4 Å². The molecule has 1 saturated carbocycles. The lowest BCUT2D eigenvalue weighted by Crippen LogP contribution is -2.26. The van der Waals surface area contributed by atoms with E-state index < -0.39 is 10.0 Å². The van der Waals surface area contributed by atoms with E-state index in [9.17, 15) is 8.42 Å². The van der Waals surface area contributed by atoms with E-state index in [-0.39, 0.29) is 11.6 Å². The van der Waals surface area contributed by atoms with Crippen molar-refractivity contribution >= 4 is 10.0 Å². The molecule has 8 nitrogen and oxygen atoms in total. The van der Waals surface area contributed by atoms with Crippen LogP contribution in [0.15, 0.2) is 17.4 Å². The van der Waals surface area contributed by atoms with Gasteiger partial charge in [0.15, 0.2) is 0 Å². The van der Waals surface area contributed by atoms with E-state index in [1.807, 2.05) is 13.2 Å². The molecule has 0 spiro atoms. The van der Waals surface area contributed by atoms with Crippen molar-refractivity contribution < 1.29 is 8.42 Å². The van der Waals surface area contributed by atoms with Crippen molar-refractivity contribution in [2.24, 2.45) is 14.1 Å². The SMILES string of the molecule is Cn1ncc(S(=O)(=O)NCc2c(C3CCC3)cnn2C)n1. The first-order chi connectivity index (χ1) is 9.97. The zero-order valence-electron chi connectivity index (χ0n) is 12.0. The van der Waals surface area contributed by atoms with Crippen molar-refractivity contribution in [1.29, 1.82) is 0 Å². The number of hydrogen-bond acceptors (Lipinski definition) is 5. The minimum Gasteiger partial charge on any atom is -0.271 e. The van der Waals surface area contributed by atoms with Crippen molar-refractivity contribution in [1.82, 2.24) is 29.5 Å². The standard InChI is InChI=1S/C12H18N6O2S/c1-17-11(10(6-13-17)9-4-3-5-9)7-15-21(19,20)12-8-14-18(2)16-12/h6,8-9,15H,3-5,7H2,1-2H3. The zero-order valence-corrected chi connectivity index (χ0v) is 12.8. The molecular weight excluding hydrogens is 292 g/mol. The van der Waals surface area contributed by atoms with Crippen LogP contribution < -0.4 is 4.72 Å². The van der Waals surface area contributed by atoms with Gasteiger partial charge in [-0.1, -0.05) is 6.42 Å². The molecular formula is C12H18N6O2S. The molecule has 2 aromatic rings. The molecule has 0 atom stereocenters. The van der Waals surface area contributed by atoms with Gasteiger partial charge in [0.2, 0.25) is 5.03 Å². The van der Waals surface area contributed by atoms with Crippen LogP contribution in [0.25, 0.3) is 0 Å². The monoisotopic (exact) mass is 310 g/mol. The molecule has 114 valence electrons. The molecule has 2 heterocycles. The number of nitrogens with zero attached hydrogens (tertiary/aromatic N) is 5. The number of aromatic nitrogens is 5. The highest BCUT2D eigenvalue weighted by molar-refractivity contribution is 7.89. The average molecular weight is 310 g/mol. The second-order valence-corrected chi connectivity index (χ2v) is 7.01. The van der Waals surface area contributed by atoms with Crippen LogP contribution in [-0.4, -0.2) is 33.2 Å². The van der Waals surface area contributed by atoms with Gasteiger partial charge in [-0.3, -0.25) is 4.68 Å². The lowest BCUT2D eigenvalue weighted by atomic mass is 9.80. The Bertz CT molecular complexity index is 744. The first-order valence-corrected chi connectivity index (χ1v) is 8.32. The fourth-order valence-electron chi connectivity index (χ4n) is 2.44. The fraction of sp³-hybridized carbons (Fsp3) is 0.583. The maximum Gasteiger partial charge on any atom is 0.261 e. The minimum absolute atomic E-state index is 0.0719. The van der Waals surface area contributed by atoms with Crippen molar-refractivity contribution in [3.8, 4) is 0 Å². The van der Waals surface area contributed by atoms with Gasteiger partial charge in [-0.25, -0.2) is 13.1 Å². The molecule has 0 aromatic carbocycles. The van der Waals surface area contributed by atoms with E-state index >= 15 is 0 Å². The van der Waals surface area contributed by atoms with E-state index in [1.54, 1.807) is 11.7 Å². The fourth-order valence-corrected chi connectivity index (χ4v) is 3.33. The molecule has 2 aromatic heterocycles. The topological polar surface area (TPSA) is 94.7 Å². The van der Waals surface area contributed by atoms with Crippen molar-refractivity contribution in [2.75, 3.05) is 0 Å². The molecule has 0 amide bonds. The summed E-state index contributed by atoms with van der Waals surface area (Å²) in [5.74, 6) is 0.509. The highest BCUT2D eigenvalue weighted by Gasteiger charge is 2.26. The number of hydrogen-bond donors (Lipinski definition) is 1. The summed E-state index contributed by atoms with van der Waals surface area (Å²) in [6, 6.07) is 0. The van der Waals surface area contributed by atoms with Gasteiger partial charge in [-0.05, 0) is 24.3 Å². The molecule has 1 N–H and O–H groups in total. The summed E-state index contributed by atoms with van der Waals surface area (Å²) >= 11 is 0. The molecule has 1 fully saturated rings. The van der Waals surface area contributed by atoms with Crippen LogP contribution in [0, 0.1) is 0 Å². The smallest absolute Gasteiger partial charge is 0.261 e. The van der Waals surface area contributed by atoms with Crippen LogP contribution in [-0.2, 0) is 30.7 Å². The van der Waals surface area contributed by atoms with E-state index in [1.165, 1.54) is 17.4 Å². The zero-order chi connectivity index (χ0) is 15.0. The lowest BCUT2D eigenvalue weighted by molar-refractivity contribution is 0.416. The summed E-state index contributed by atoms with van der Waals surface area (Å²) in [4.78, 5) is 1.22. The van der Waals surface area contributed by atoms with Crippen molar-refractivity contribution in [3.63, 3.8) is 0 Å². The van der Waals surface area contributed by atoms with E-state index in [2.05, 4.69) is 20.0 Å². The van der Waals surface area contributed by atoms with Crippen molar-refractivity contribution in [2.45, 2.75) is 36.8 Å². The predicted molar refractivity (Wildman–Crippen MR) is 74.8 cm³/mol. The Labute approximate surface area is 123 Å². The Morgan fingerprint density at radius 2 is 2.05 bits per heavy atom. The Morgan fingerprint density at radius 3 is 2.62 bits per heavy atom. The van der Waals surface area contributed by atoms with Gasteiger partial charge in [0, 0.05) is 14.1 Å². The lowest BCUT2D eigenvalue weighted by Gasteiger charge is -2.25. The third-order valence-corrected chi connectivity index (χ3v) is 5.18. The summed E-state index contributed by atoms with van der Waals surface area (Å²) in [6.07, 6.45) is 6.60. The number of rotatable bonds is 5. The molecule has 0 unspecified atom stereocenters. The maximum atomic E-state index is 12.2. The predicted octanol–water partition coefficient (Wildman–Crippen LogP) is 0.295.